The van der Waals surface area contributed by atoms with Crippen LogP contribution in [0.5, 0.6) is 0 Å². The number of pyridine rings is 1. The number of carbonyl (C=O) groups is 2. The van der Waals surface area contributed by atoms with Crippen molar-refractivity contribution in [3.05, 3.63) is 66.4 Å². The Morgan fingerprint density at radius 2 is 1.90 bits per heavy atom. The number of ketones is 1. The lowest BCUT2D eigenvalue weighted by Crippen LogP contribution is -2.27. The summed E-state index contributed by atoms with van der Waals surface area (Å²) in [6.45, 7) is 0.785. The van der Waals surface area contributed by atoms with Gasteiger partial charge in [0.2, 0.25) is 11.7 Å². The minimum absolute atomic E-state index is 0.110. The van der Waals surface area contributed by atoms with Crippen molar-refractivity contribution in [3.63, 3.8) is 0 Å². The number of rotatable bonds is 13. The second kappa shape index (κ2) is 11.8. The first-order chi connectivity index (χ1) is 15.1. The molecule has 3 aromatic rings. The lowest BCUT2D eigenvalue weighted by Gasteiger charge is -2.10. The Morgan fingerprint density at radius 3 is 2.65 bits per heavy atom. The highest BCUT2D eigenvalue weighted by Gasteiger charge is 2.27. The molecule has 162 valence electrons. The van der Waals surface area contributed by atoms with E-state index in [2.05, 4.69) is 20.4 Å². The largest absolute Gasteiger partial charge is 0.475 e. The van der Waals surface area contributed by atoms with Crippen molar-refractivity contribution < 1.29 is 19.2 Å². The summed E-state index contributed by atoms with van der Waals surface area (Å²) in [5, 5.41) is 16.4. The minimum Gasteiger partial charge on any atom is -0.475 e. The molecule has 0 aliphatic rings. The van der Waals surface area contributed by atoms with Gasteiger partial charge in [-0.15, -0.1) is 11.8 Å². The van der Waals surface area contributed by atoms with E-state index < -0.39 is 17.7 Å². The van der Waals surface area contributed by atoms with Crippen LogP contribution in [0.3, 0.4) is 0 Å². The highest BCUT2D eigenvalue weighted by Crippen LogP contribution is 2.23. The molecule has 0 amide bonds. The Bertz CT molecular complexity index is 966. The van der Waals surface area contributed by atoms with E-state index in [9.17, 15) is 9.59 Å². The summed E-state index contributed by atoms with van der Waals surface area (Å²) >= 11 is 1.43. The molecule has 2 heterocycles. The fourth-order valence-corrected chi connectivity index (χ4v) is 3.91. The monoisotopic (exact) mass is 440 g/mol. The average Bonchev–Trinajstić information content (AvgIpc) is 3.24. The molecule has 3 rings (SSSR count). The van der Waals surface area contributed by atoms with Gasteiger partial charge in [0.25, 0.3) is 0 Å². The van der Waals surface area contributed by atoms with Crippen molar-refractivity contribution in [2.75, 3.05) is 17.6 Å². The SMILES string of the molecule is O=C(O)C(=O)C(CSc1ccccc1)Cc1nc(CCCCNc2ccccn2)no1. The number of carboxylic acids is 1. The number of benzene rings is 1. The molecule has 8 nitrogen and oxygen atoms in total. The van der Waals surface area contributed by atoms with Gasteiger partial charge in [-0.3, -0.25) is 4.79 Å². The van der Waals surface area contributed by atoms with E-state index in [0.29, 0.717) is 18.0 Å². The standard InChI is InChI=1S/C22H24N4O4S/c27-21(22(28)29)16(15-31-17-8-2-1-3-9-17)14-20-25-19(26-30-20)11-5-7-13-24-18-10-4-6-12-23-18/h1-4,6,8-10,12,16H,5,7,11,13-15H2,(H,23,24)(H,28,29). The first-order valence-electron chi connectivity index (χ1n) is 10.0. The summed E-state index contributed by atoms with van der Waals surface area (Å²) in [6, 6.07) is 15.2. The zero-order valence-electron chi connectivity index (χ0n) is 16.9. The van der Waals surface area contributed by atoms with Crippen molar-refractivity contribution >= 4 is 29.3 Å². The van der Waals surface area contributed by atoms with Crippen LogP contribution in [0.2, 0.25) is 0 Å². The van der Waals surface area contributed by atoms with E-state index in [1.54, 1.807) is 6.20 Å². The third-order valence-corrected chi connectivity index (χ3v) is 5.68. The number of aliphatic carboxylic acids is 1. The van der Waals surface area contributed by atoms with Crippen LogP contribution < -0.4 is 5.32 Å². The van der Waals surface area contributed by atoms with Crippen LogP contribution in [0.1, 0.15) is 24.6 Å². The van der Waals surface area contributed by atoms with Gasteiger partial charge in [-0.1, -0.05) is 29.4 Å². The van der Waals surface area contributed by atoms with Crippen molar-refractivity contribution in [3.8, 4) is 0 Å². The van der Waals surface area contributed by atoms with Gasteiger partial charge in [-0.05, 0) is 37.1 Å². The lowest BCUT2D eigenvalue weighted by atomic mass is 10.0. The Morgan fingerprint density at radius 1 is 1.10 bits per heavy atom. The lowest BCUT2D eigenvalue weighted by molar-refractivity contribution is -0.150. The number of unbranched alkanes of at least 4 members (excludes halogenated alkanes) is 1. The summed E-state index contributed by atoms with van der Waals surface area (Å²) in [7, 11) is 0. The maximum absolute atomic E-state index is 12.1. The summed E-state index contributed by atoms with van der Waals surface area (Å²) in [5.74, 6) is -1.01. The molecule has 2 aromatic heterocycles. The molecule has 1 unspecified atom stereocenters. The van der Waals surface area contributed by atoms with Gasteiger partial charge in [-0.2, -0.15) is 4.98 Å². The minimum atomic E-state index is -1.45. The highest BCUT2D eigenvalue weighted by atomic mass is 32.2. The molecule has 1 atom stereocenters. The van der Waals surface area contributed by atoms with Gasteiger partial charge in [0.1, 0.15) is 5.82 Å². The highest BCUT2D eigenvalue weighted by molar-refractivity contribution is 7.99. The number of anilines is 1. The second-order valence-electron chi connectivity index (χ2n) is 6.90. The molecular formula is C22H24N4O4S. The molecule has 0 fully saturated rings. The van der Waals surface area contributed by atoms with Crippen molar-refractivity contribution in [2.45, 2.75) is 30.6 Å². The Labute approximate surface area is 184 Å². The van der Waals surface area contributed by atoms with E-state index in [1.807, 2.05) is 48.5 Å². The maximum atomic E-state index is 12.1. The molecule has 0 aliphatic heterocycles. The van der Waals surface area contributed by atoms with Crippen LogP contribution in [0.15, 0.2) is 64.1 Å². The summed E-state index contributed by atoms with van der Waals surface area (Å²) in [5.41, 5.74) is 0. The topological polar surface area (TPSA) is 118 Å². The van der Waals surface area contributed by atoms with Crippen molar-refractivity contribution in [1.29, 1.82) is 0 Å². The number of nitrogens with zero attached hydrogens (tertiary/aromatic N) is 3. The van der Waals surface area contributed by atoms with Crippen LogP contribution in [0.25, 0.3) is 0 Å². The van der Waals surface area contributed by atoms with Gasteiger partial charge in [0, 0.05) is 42.1 Å². The Balaban J connectivity index is 1.46. The molecule has 0 saturated heterocycles. The quantitative estimate of drug-likeness (QED) is 0.234. The van der Waals surface area contributed by atoms with E-state index in [0.717, 1.165) is 30.1 Å². The van der Waals surface area contributed by atoms with Crippen molar-refractivity contribution in [1.82, 2.24) is 15.1 Å². The second-order valence-corrected chi connectivity index (χ2v) is 7.99. The summed E-state index contributed by atoms with van der Waals surface area (Å²) < 4.78 is 5.26. The fourth-order valence-electron chi connectivity index (χ4n) is 2.89. The number of thioether (sulfide) groups is 1. The zero-order chi connectivity index (χ0) is 21.9. The number of carbonyl (C=O) groups excluding carboxylic acids is 1. The van der Waals surface area contributed by atoms with Crippen molar-refractivity contribution in [2.24, 2.45) is 5.92 Å². The van der Waals surface area contributed by atoms with E-state index >= 15 is 0 Å². The fraction of sp³-hybridized carbons (Fsp3) is 0.318. The third kappa shape index (κ3) is 7.53. The zero-order valence-corrected chi connectivity index (χ0v) is 17.8. The van der Waals surface area contributed by atoms with Gasteiger partial charge < -0.3 is 14.9 Å². The molecule has 0 aliphatic carbocycles. The molecule has 0 bridgehead atoms. The molecule has 9 heteroatoms. The molecule has 0 spiro atoms. The van der Waals surface area contributed by atoms with Gasteiger partial charge in [0.15, 0.2) is 5.82 Å². The number of carboxylic acid groups (broad SMARTS) is 1. The van der Waals surface area contributed by atoms with Crippen LogP contribution in [-0.4, -0.2) is 44.3 Å². The normalized spacial score (nSPS) is 11.7. The number of aromatic nitrogens is 3. The summed E-state index contributed by atoms with van der Waals surface area (Å²) in [4.78, 5) is 32.8. The number of aryl methyl sites for hydroxylation is 1. The number of nitrogens with one attached hydrogen (secondary N) is 1. The maximum Gasteiger partial charge on any atom is 0.372 e. The molecule has 2 N–H and O–H groups in total. The smallest absolute Gasteiger partial charge is 0.372 e. The first kappa shape index (κ1) is 22.5. The number of hydrogen-bond donors (Lipinski definition) is 2. The average molecular weight is 441 g/mol. The third-order valence-electron chi connectivity index (χ3n) is 4.51. The Kier molecular flexibility index (Phi) is 8.59. The van der Waals surface area contributed by atoms with Crippen LogP contribution >= 0.6 is 11.8 Å². The van der Waals surface area contributed by atoms with Gasteiger partial charge in [-0.25, -0.2) is 9.78 Å². The number of Topliss-reactive ketones (excluding diaryl/α,β-unsaturated/α-hetero) is 1. The predicted molar refractivity (Wildman–Crippen MR) is 117 cm³/mol. The van der Waals surface area contributed by atoms with E-state index in [4.69, 9.17) is 9.63 Å². The predicted octanol–water partition coefficient (Wildman–Crippen LogP) is 3.50. The first-order valence-corrected chi connectivity index (χ1v) is 11.0. The Hall–Kier alpha value is -3.20. The van der Waals surface area contributed by atoms with Crippen LogP contribution in [0.4, 0.5) is 5.82 Å². The van der Waals surface area contributed by atoms with E-state index in [1.165, 1.54) is 11.8 Å². The van der Waals surface area contributed by atoms with Crippen LogP contribution in [-0.2, 0) is 22.4 Å². The van der Waals surface area contributed by atoms with E-state index in [-0.39, 0.29) is 12.3 Å². The molecule has 1 aromatic carbocycles. The van der Waals surface area contributed by atoms with Crippen LogP contribution in [0, 0.1) is 5.92 Å². The molecule has 0 radical (unpaired) electrons. The number of hydrogen-bond acceptors (Lipinski definition) is 8. The molecule has 31 heavy (non-hydrogen) atoms. The molecular weight excluding hydrogens is 416 g/mol. The summed E-state index contributed by atoms with van der Waals surface area (Å²) in [6.07, 6.45) is 4.27. The van der Waals surface area contributed by atoms with Gasteiger partial charge >= 0.3 is 5.97 Å². The molecule has 0 saturated carbocycles. The van der Waals surface area contributed by atoms with Gasteiger partial charge in [0.05, 0.1) is 0 Å².